The molecule has 0 radical (unpaired) electrons. The number of hydrogen-bond donors (Lipinski definition) is 0. The molecule has 1 aliphatic carbocycles. The summed E-state index contributed by atoms with van der Waals surface area (Å²) in [6.45, 7) is 25.2. The highest BCUT2D eigenvalue weighted by molar-refractivity contribution is 4.77. The Morgan fingerprint density at radius 1 is 0.966 bits per heavy atom. The first-order chi connectivity index (χ1) is 13.7. The van der Waals surface area contributed by atoms with Gasteiger partial charge < -0.3 is 4.90 Å². The van der Waals surface area contributed by atoms with E-state index in [0.29, 0.717) is 19.0 Å². The summed E-state index contributed by atoms with van der Waals surface area (Å²) in [6.07, 6.45) is 0.895. The van der Waals surface area contributed by atoms with Crippen molar-refractivity contribution in [1.82, 2.24) is 9.80 Å². The third-order valence-electron chi connectivity index (χ3n) is 4.43. The Bertz CT molecular complexity index is 312. The Hall–Kier alpha value is -0.290. The molecular weight excluding hydrogens is 373 g/mol. The molecule has 2 nitrogen and oxygen atoms in total. The second-order valence-electron chi connectivity index (χ2n) is 7.79. The summed E-state index contributed by atoms with van der Waals surface area (Å²) in [5.74, 6) is 2.29. The fourth-order valence-corrected chi connectivity index (χ4v) is 3.20. The summed E-state index contributed by atoms with van der Waals surface area (Å²) < 4.78 is 35.8. The number of likely N-dealkylation sites (tertiary alicyclic amines) is 1. The molecule has 1 atom stereocenters. The smallest absolute Gasteiger partial charge is 0.303 e. The van der Waals surface area contributed by atoms with Crippen LogP contribution in [0.5, 0.6) is 0 Å². The van der Waals surface area contributed by atoms with E-state index in [1.54, 1.807) is 0 Å². The molecule has 0 aromatic heterocycles. The number of halogens is 3. The Morgan fingerprint density at radius 3 is 1.83 bits per heavy atom. The van der Waals surface area contributed by atoms with Crippen LogP contribution in [0.1, 0.15) is 94.9 Å². The van der Waals surface area contributed by atoms with Crippen LogP contribution < -0.4 is 0 Å². The molecule has 0 amide bonds. The summed E-state index contributed by atoms with van der Waals surface area (Å²) in [4.78, 5) is 4.08. The molecule has 5 heteroatoms. The van der Waals surface area contributed by atoms with Gasteiger partial charge in [-0.15, -0.1) is 0 Å². The van der Waals surface area contributed by atoms with Crippen molar-refractivity contribution in [2.75, 3.05) is 39.3 Å². The largest absolute Gasteiger partial charge is 0.401 e. The van der Waals surface area contributed by atoms with E-state index in [2.05, 4.69) is 25.7 Å². The first-order valence-electron chi connectivity index (χ1n) is 12.2. The van der Waals surface area contributed by atoms with Crippen molar-refractivity contribution < 1.29 is 13.2 Å². The van der Waals surface area contributed by atoms with Crippen LogP contribution in [0.3, 0.4) is 0 Å². The Balaban J connectivity index is -0.000000371. The van der Waals surface area contributed by atoms with Gasteiger partial charge in [-0.1, -0.05) is 69.2 Å². The fourth-order valence-electron chi connectivity index (χ4n) is 3.20. The van der Waals surface area contributed by atoms with Crippen molar-refractivity contribution in [3.8, 4) is 0 Å². The summed E-state index contributed by atoms with van der Waals surface area (Å²) in [5, 5.41) is 0. The number of nitrogens with zero attached hydrogens (tertiary/aromatic N) is 2. The molecule has 2 aliphatic rings. The first kappa shape index (κ1) is 33.4. The molecule has 180 valence electrons. The third kappa shape index (κ3) is 23.9. The van der Waals surface area contributed by atoms with E-state index in [9.17, 15) is 13.2 Å². The van der Waals surface area contributed by atoms with Gasteiger partial charge in [0.2, 0.25) is 0 Å². The minimum absolute atomic E-state index is 0.418. The third-order valence-corrected chi connectivity index (χ3v) is 4.43. The van der Waals surface area contributed by atoms with Gasteiger partial charge in [0.05, 0.1) is 6.54 Å². The van der Waals surface area contributed by atoms with Gasteiger partial charge in [-0.3, -0.25) is 4.90 Å². The van der Waals surface area contributed by atoms with Crippen LogP contribution in [0.15, 0.2) is 0 Å². The second kappa shape index (κ2) is 21.0. The molecule has 0 bridgehead atoms. The molecule has 0 aromatic carbocycles. The highest BCUT2D eigenvalue weighted by atomic mass is 19.4. The highest BCUT2D eigenvalue weighted by Gasteiger charge is 2.32. The molecule has 1 saturated heterocycles. The van der Waals surface area contributed by atoms with Crippen molar-refractivity contribution in [2.45, 2.75) is 101 Å². The van der Waals surface area contributed by atoms with E-state index in [4.69, 9.17) is 0 Å². The molecule has 29 heavy (non-hydrogen) atoms. The molecule has 2 fully saturated rings. The lowest BCUT2D eigenvalue weighted by Gasteiger charge is -2.31. The fraction of sp³-hybridized carbons (Fsp3) is 1.00. The lowest BCUT2D eigenvalue weighted by atomic mass is 10.0. The number of rotatable bonds is 6. The van der Waals surface area contributed by atoms with Gasteiger partial charge in [0.1, 0.15) is 0 Å². The molecule has 0 spiro atoms. The molecule has 1 aliphatic heterocycles. The first-order valence-corrected chi connectivity index (χ1v) is 12.2. The van der Waals surface area contributed by atoms with Gasteiger partial charge in [-0.2, -0.15) is 13.2 Å². The minimum Gasteiger partial charge on any atom is -0.303 e. The van der Waals surface area contributed by atoms with Crippen LogP contribution in [-0.2, 0) is 0 Å². The second-order valence-corrected chi connectivity index (χ2v) is 7.79. The molecule has 1 saturated carbocycles. The lowest BCUT2D eigenvalue weighted by Crippen LogP contribution is -2.40. The van der Waals surface area contributed by atoms with Gasteiger partial charge in [-0.05, 0) is 56.5 Å². The molecule has 2 rings (SSSR count). The predicted molar refractivity (Wildman–Crippen MR) is 125 cm³/mol. The zero-order chi connectivity index (χ0) is 23.5. The summed E-state index contributed by atoms with van der Waals surface area (Å²) in [7, 11) is 0. The normalized spacial score (nSPS) is 18.9. The maximum atomic E-state index is 11.9. The summed E-state index contributed by atoms with van der Waals surface area (Å²) in [6, 6.07) is 0. The van der Waals surface area contributed by atoms with Crippen LogP contribution in [0.4, 0.5) is 13.2 Å². The molecule has 1 unspecified atom stereocenters. The number of piperidine rings is 1. The van der Waals surface area contributed by atoms with Gasteiger partial charge in [0.25, 0.3) is 0 Å². The van der Waals surface area contributed by atoms with Gasteiger partial charge >= 0.3 is 6.18 Å². The van der Waals surface area contributed by atoms with E-state index < -0.39 is 12.7 Å². The Morgan fingerprint density at radius 2 is 1.48 bits per heavy atom. The van der Waals surface area contributed by atoms with E-state index in [1.165, 1.54) is 37.4 Å². The minimum atomic E-state index is -4.03. The molecule has 0 N–H and O–H groups in total. The lowest BCUT2D eigenvalue weighted by molar-refractivity contribution is -0.149. The Labute approximate surface area is 181 Å². The van der Waals surface area contributed by atoms with Gasteiger partial charge in [-0.25, -0.2) is 0 Å². The van der Waals surface area contributed by atoms with Gasteiger partial charge in [0, 0.05) is 19.6 Å². The Kier molecular flexibility index (Phi) is 24.1. The van der Waals surface area contributed by atoms with Crippen molar-refractivity contribution in [3.63, 3.8) is 0 Å². The van der Waals surface area contributed by atoms with E-state index in [0.717, 1.165) is 24.7 Å². The van der Waals surface area contributed by atoms with Crippen LogP contribution >= 0.6 is 0 Å². The topological polar surface area (TPSA) is 6.48 Å². The summed E-state index contributed by atoms with van der Waals surface area (Å²) in [5.41, 5.74) is 0. The zero-order valence-corrected chi connectivity index (χ0v) is 21.3. The SMILES string of the molecule is CC.CC.CC.CC1CCCN(CC(F)(F)F)C1.CCN(CC(C)C)CC1CC1. The van der Waals surface area contributed by atoms with E-state index >= 15 is 0 Å². The average Bonchev–Trinajstić information content (AvgIpc) is 3.49. The van der Waals surface area contributed by atoms with Crippen molar-refractivity contribution in [1.29, 1.82) is 0 Å². The number of hydrogen-bond acceptors (Lipinski definition) is 2. The highest BCUT2D eigenvalue weighted by Crippen LogP contribution is 2.29. The van der Waals surface area contributed by atoms with Crippen molar-refractivity contribution >= 4 is 0 Å². The van der Waals surface area contributed by atoms with Crippen LogP contribution in [0, 0.1) is 17.8 Å². The zero-order valence-electron chi connectivity index (χ0n) is 21.3. The number of alkyl halides is 3. The average molecular weight is 427 g/mol. The maximum Gasteiger partial charge on any atom is 0.401 e. The molecular formula is C24H53F3N2. The maximum absolute atomic E-state index is 11.9. The quantitative estimate of drug-likeness (QED) is 0.428. The van der Waals surface area contributed by atoms with Crippen molar-refractivity contribution in [2.24, 2.45) is 17.8 Å². The predicted octanol–water partition coefficient (Wildman–Crippen LogP) is 7.73. The van der Waals surface area contributed by atoms with E-state index in [-0.39, 0.29) is 0 Å². The van der Waals surface area contributed by atoms with E-state index in [1.807, 2.05) is 48.5 Å². The van der Waals surface area contributed by atoms with Crippen LogP contribution in [-0.4, -0.2) is 55.2 Å². The monoisotopic (exact) mass is 426 g/mol. The van der Waals surface area contributed by atoms with Crippen LogP contribution in [0.2, 0.25) is 0 Å². The summed E-state index contributed by atoms with van der Waals surface area (Å²) >= 11 is 0. The standard InChI is InChI=1S/C10H21N.C8H14F3N.3C2H6/c1-4-11(7-9(2)3)8-10-5-6-10;1-7-3-2-4-12(5-7)6-8(9,10)11;3*1-2/h9-10H,4-8H2,1-3H3;7H,2-6H2,1H3;3*1-2H3. The van der Waals surface area contributed by atoms with Crippen molar-refractivity contribution in [3.05, 3.63) is 0 Å². The van der Waals surface area contributed by atoms with Gasteiger partial charge in [0.15, 0.2) is 0 Å². The van der Waals surface area contributed by atoms with Crippen LogP contribution in [0.25, 0.3) is 0 Å². The molecule has 0 aromatic rings. The molecule has 1 heterocycles.